The van der Waals surface area contributed by atoms with Gasteiger partial charge in [0.2, 0.25) is 11.8 Å². The van der Waals surface area contributed by atoms with Crippen LogP contribution in [0.3, 0.4) is 0 Å². The van der Waals surface area contributed by atoms with Crippen molar-refractivity contribution >= 4 is 5.91 Å². The predicted octanol–water partition coefficient (Wildman–Crippen LogP) is 2.84. The first-order chi connectivity index (χ1) is 13.8. The Bertz CT molecular complexity index is 1020. The van der Waals surface area contributed by atoms with Gasteiger partial charge in [0.15, 0.2) is 0 Å². The van der Waals surface area contributed by atoms with Crippen LogP contribution in [0, 0.1) is 0 Å². The number of benzene rings is 2. The maximum atomic E-state index is 12.2. The summed E-state index contributed by atoms with van der Waals surface area (Å²) in [6.07, 6.45) is 4.91. The second-order valence-electron chi connectivity index (χ2n) is 6.37. The number of carbonyl (C=O) groups is 1. The van der Waals surface area contributed by atoms with Gasteiger partial charge in [0, 0.05) is 12.1 Å². The van der Waals surface area contributed by atoms with Gasteiger partial charge in [0.05, 0.1) is 18.7 Å². The lowest BCUT2D eigenvalue weighted by molar-refractivity contribution is -0.120. The number of nitrogens with zero attached hydrogens (tertiary/aromatic N) is 4. The Morgan fingerprint density at radius 1 is 1.04 bits per heavy atom. The summed E-state index contributed by atoms with van der Waals surface area (Å²) in [6, 6.07) is 17.6. The summed E-state index contributed by atoms with van der Waals surface area (Å²) >= 11 is 0. The van der Waals surface area contributed by atoms with Crippen LogP contribution in [0.1, 0.15) is 16.8 Å². The van der Waals surface area contributed by atoms with E-state index in [0.717, 1.165) is 16.7 Å². The molecule has 0 unspecified atom stereocenters. The molecule has 4 aromatic rings. The second-order valence-corrected chi connectivity index (χ2v) is 6.37. The first-order valence-corrected chi connectivity index (χ1v) is 8.93. The largest absolute Gasteiger partial charge is 0.444 e. The topological polar surface area (TPSA) is 85.8 Å². The van der Waals surface area contributed by atoms with E-state index in [4.69, 9.17) is 4.42 Å². The van der Waals surface area contributed by atoms with Crippen molar-refractivity contribution in [2.75, 3.05) is 0 Å². The second kappa shape index (κ2) is 8.30. The smallest absolute Gasteiger partial charge is 0.226 e. The number of nitrogens with one attached hydrogen (secondary N) is 1. The lowest BCUT2D eigenvalue weighted by Crippen LogP contribution is -2.24. The van der Waals surface area contributed by atoms with E-state index in [1.807, 2.05) is 54.6 Å². The van der Waals surface area contributed by atoms with Crippen LogP contribution in [0.25, 0.3) is 11.5 Å². The minimum absolute atomic E-state index is 0.0976. The summed E-state index contributed by atoms with van der Waals surface area (Å²) < 4.78 is 7.23. The maximum Gasteiger partial charge on any atom is 0.226 e. The van der Waals surface area contributed by atoms with Crippen LogP contribution in [0.2, 0.25) is 0 Å². The predicted molar refractivity (Wildman–Crippen MR) is 103 cm³/mol. The summed E-state index contributed by atoms with van der Waals surface area (Å²) in [5.41, 5.74) is 3.65. The van der Waals surface area contributed by atoms with E-state index in [-0.39, 0.29) is 12.3 Å². The molecule has 0 aliphatic rings. The van der Waals surface area contributed by atoms with Crippen LogP contribution < -0.4 is 5.32 Å². The first kappa shape index (κ1) is 17.7. The van der Waals surface area contributed by atoms with E-state index < -0.39 is 0 Å². The molecule has 0 bridgehead atoms. The van der Waals surface area contributed by atoms with Gasteiger partial charge in [-0.05, 0) is 23.3 Å². The Labute approximate surface area is 162 Å². The van der Waals surface area contributed by atoms with Crippen LogP contribution >= 0.6 is 0 Å². The van der Waals surface area contributed by atoms with E-state index in [9.17, 15) is 4.79 Å². The van der Waals surface area contributed by atoms with Gasteiger partial charge in [-0.3, -0.25) is 4.79 Å². The normalized spacial score (nSPS) is 10.7. The fourth-order valence-electron chi connectivity index (χ4n) is 2.79. The molecule has 0 saturated carbocycles. The first-order valence-electron chi connectivity index (χ1n) is 8.93. The molecule has 2 aromatic heterocycles. The molecule has 7 nitrogen and oxygen atoms in total. The summed E-state index contributed by atoms with van der Waals surface area (Å²) in [6.45, 7) is 1.13. The molecule has 1 amide bonds. The maximum absolute atomic E-state index is 12.2. The summed E-state index contributed by atoms with van der Waals surface area (Å²) in [5, 5.41) is 7.00. The van der Waals surface area contributed by atoms with Gasteiger partial charge in [0.1, 0.15) is 18.9 Å². The Hall–Kier alpha value is -3.74. The minimum Gasteiger partial charge on any atom is -0.444 e. The van der Waals surface area contributed by atoms with Crippen molar-refractivity contribution in [2.24, 2.45) is 0 Å². The zero-order chi connectivity index (χ0) is 19.2. The van der Waals surface area contributed by atoms with E-state index in [1.54, 1.807) is 11.0 Å². The molecule has 1 N–H and O–H groups in total. The third-order valence-corrected chi connectivity index (χ3v) is 4.24. The van der Waals surface area contributed by atoms with Crippen molar-refractivity contribution in [1.82, 2.24) is 25.1 Å². The average molecular weight is 373 g/mol. The Kier molecular flexibility index (Phi) is 5.24. The van der Waals surface area contributed by atoms with Crippen molar-refractivity contribution in [3.05, 3.63) is 90.3 Å². The number of amides is 1. The zero-order valence-corrected chi connectivity index (χ0v) is 15.2. The van der Waals surface area contributed by atoms with Gasteiger partial charge in [0.25, 0.3) is 0 Å². The lowest BCUT2D eigenvalue weighted by Gasteiger charge is -2.06. The van der Waals surface area contributed by atoms with E-state index in [2.05, 4.69) is 20.4 Å². The summed E-state index contributed by atoms with van der Waals surface area (Å²) in [7, 11) is 0. The number of aromatic nitrogens is 4. The third kappa shape index (κ3) is 4.50. The molecule has 4 rings (SSSR count). The van der Waals surface area contributed by atoms with Crippen molar-refractivity contribution in [1.29, 1.82) is 0 Å². The molecule has 7 heteroatoms. The molecule has 2 aromatic carbocycles. The zero-order valence-electron chi connectivity index (χ0n) is 15.2. The Balaban J connectivity index is 1.28. The van der Waals surface area contributed by atoms with Crippen LogP contribution in [0.15, 0.2) is 77.9 Å². The molecule has 0 atom stereocenters. The quantitative estimate of drug-likeness (QED) is 0.538. The highest BCUT2D eigenvalue weighted by Gasteiger charge is 2.10. The summed E-state index contributed by atoms with van der Waals surface area (Å²) in [4.78, 5) is 20.5. The van der Waals surface area contributed by atoms with E-state index >= 15 is 0 Å². The van der Waals surface area contributed by atoms with Gasteiger partial charge < -0.3 is 9.73 Å². The van der Waals surface area contributed by atoms with E-state index in [0.29, 0.717) is 24.7 Å². The van der Waals surface area contributed by atoms with Crippen molar-refractivity contribution in [3.63, 3.8) is 0 Å². The SMILES string of the molecule is O=C(Cc1coc(-c2ccccc2)n1)NCc1ccc(Cn2cncn2)cc1. The lowest BCUT2D eigenvalue weighted by atomic mass is 10.1. The third-order valence-electron chi connectivity index (χ3n) is 4.24. The molecule has 0 spiro atoms. The molecular formula is C21H19N5O2. The molecule has 28 heavy (non-hydrogen) atoms. The molecule has 0 saturated heterocycles. The highest BCUT2D eigenvalue weighted by Crippen LogP contribution is 2.18. The standard InChI is InChI=1S/C21H19N5O2/c27-20(10-19-13-28-21(25-19)18-4-2-1-3-5-18)23-11-16-6-8-17(9-7-16)12-26-15-22-14-24-26/h1-9,13-15H,10-12H2,(H,23,27). The molecule has 0 aliphatic carbocycles. The fraction of sp³-hybridized carbons (Fsp3) is 0.143. The molecule has 2 heterocycles. The van der Waals surface area contributed by atoms with Gasteiger partial charge in [-0.25, -0.2) is 14.6 Å². The van der Waals surface area contributed by atoms with Crippen molar-refractivity contribution in [2.45, 2.75) is 19.5 Å². The van der Waals surface area contributed by atoms with Gasteiger partial charge in [-0.2, -0.15) is 5.10 Å². The highest BCUT2D eigenvalue weighted by molar-refractivity contribution is 5.78. The number of hydrogen-bond acceptors (Lipinski definition) is 5. The number of oxazole rings is 1. The van der Waals surface area contributed by atoms with Gasteiger partial charge >= 0.3 is 0 Å². The fourth-order valence-corrected chi connectivity index (χ4v) is 2.79. The highest BCUT2D eigenvalue weighted by atomic mass is 16.3. The molecular weight excluding hydrogens is 354 g/mol. The Morgan fingerprint density at radius 2 is 1.82 bits per heavy atom. The van der Waals surface area contributed by atoms with Crippen LogP contribution in [-0.4, -0.2) is 25.7 Å². The van der Waals surface area contributed by atoms with Crippen LogP contribution in [0.5, 0.6) is 0 Å². The average Bonchev–Trinajstić information content (AvgIpc) is 3.40. The van der Waals surface area contributed by atoms with Crippen LogP contribution in [0.4, 0.5) is 0 Å². The summed E-state index contributed by atoms with van der Waals surface area (Å²) in [5.74, 6) is 0.422. The van der Waals surface area contributed by atoms with Gasteiger partial charge in [-0.1, -0.05) is 42.5 Å². The number of carbonyl (C=O) groups excluding carboxylic acids is 1. The van der Waals surface area contributed by atoms with Crippen molar-refractivity contribution in [3.8, 4) is 11.5 Å². The van der Waals surface area contributed by atoms with Crippen LogP contribution in [-0.2, 0) is 24.3 Å². The minimum atomic E-state index is -0.0976. The molecule has 140 valence electrons. The number of rotatable bonds is 7. The molecule has 0 radical (unpaired) electrons. The molecule has 0 aliphatic heterocycles. The Morgan fingerprint density at radius 3 is 2.57 bits per heavy atom. The van der Waals surface area contributed by atoms with Gasteiger partial charge in [-0.15, -0.1) is 0 Å². The monoisotopic (exact) mass is 373 g/mol. The number of hydrogen-bond donors (Lipinski definition) is 1. The molecule has 0 fully saturated rings. The van der Waals surface area contributed by atoms with E-state index in [1.165, 1.54) is 12.6 Å². The van der Waals surface area contributed by atoms with Crippen molar-refractivity contribution < 1.29 is 9.21 Å².